The molecule has 7 heteroatoms. The van der Waals surface area contributed by atoms with E-state index in [1.165, 1.54) is 18.2 Å². The van der Waals surface area contributed by atoms with Gasteiger partial charge in [0.2, 0.25) is 0 Å². The SMILES string of the molecule is CC(C)CCCOC(=O)c1cc(S(=O)(=O)Cl)ccc1Br. The van der Waals surface area contributed by atoms with Gasteiger partial charge in [-0.2, -0.15) is 0 Å². The molecule has 0 fully saturated rings. The molecule has 0 saturated carbocycles. The van der Waals surface area contributed by atoms with E-state index in [0.29, 0.717) is 17.0 Å². The predicted octanol–water partition coefficient (Wildman–Crippen LogP) is 3.97. The van der Waals surface area contributed by atoms with Gasteiger partial charge in [-0.1, -0.05) is 13.8 Å². The number of carbonyl (C=O) groups excluding carboxylic acids is 1. The van der Waals surface area contributed by atoms with Crippen molar-refractivity contribution in [1.82, 2.24) is 0 Å². The highest BCUT2D eigenvalue weighted by molar-refractivity contribution is 9.10. The molecule has 4 nitrogen and oxygen atoms in total. The molecule has 1 aromatic carbocycles. The first-order valence-corrected chi connectivity index (χ1v) is 9.23. The Labute approximate surface area is 132 Å². The van der Waals surface area contributed by atoms with Gasteiger partial charge >= 0.3 is 5.97 Å². The van der Waals surface area contributed by atoms with E-state index in [4.69, 9.17) is 15.4 Å². The van der Waals surface area contributed by atoms with E-state index in [1.54, 1.807) is 0 Å². The van der Waals surface area contributed by atoms with Crippen molar-refractivity contribution in [2.24, 2.45) is 5.92 Å². The topological polar surface area (TPSA) is 60.4 Å². The Morgan fingerprint density at radius 1 is 1.40 bits per heavy atom. The van der Waals surface area contributed by atoms with Crippen LogP contribution >= 0.6 is 26.6 Å². The summed E-state index contributed by atoms with van der Waals surface area (Å²) < 4.78 is 28.1. The largest absolute Gasteiger partial charge is 0.462 e. The molecule has 0 atom stereocenters. The Balaban J connectivity index is 2.77. The summed E-state index contributed by atoms with van der Waals surface area (Å²) in [5, 5.41) is 0. The fourth-order valence-electron chi connectivity index (χ4n) is 1.55. The Hall–Kier alpha value is -0.590. The molecule has 0 spiro atoms. The van der Waals surface area contributed by atoms with Crippen LogP contribution in [0.2, 0.25) is 0 Å². The number of halogens is 2. The maximum absolute atomic E-state index is 11.9. The minimum Gasteiger partial charge on any atom is -0.462 e. The van der Waals surface area contributed by atoms with Crippen LogP contribution < -0.4 is 0 Å². The van der Waals surface area contributed by atoms with Gasteiger partial charge < -0.3 is 4.74 Å². The molecule has 0 aliphatic carbocycles. The van der Waals surface area contributed by atoms with Gasteiger partial charge in [0.1, 0.15) is 0 Å². The third-order valence-corrected chi connectivity index (χ3v) is 4.64. The summed E-state index contributed by atoms with van der Waals surface area (Å²) >= 11 is 3.19. The highest BCUT2D eigenvalue weighted by Gasteiger charge is 2.17. The number of ether oxygens (including phenoxy) is 1. The minimum atomic E-state index is -3.87. The normalized spacial score (nSPS) is 11.7. The van der Waals surface area contributed by atoms with Crippen molar-refractivity contribution in [2.75, 3.05) is 6.61 Å². The van der Waals surface area contributed by atoms with Crippen molar-refractivity contribution in [2.45, 2.75) is 31.6 Å². The highest BCUT2D eigenvalue weighted by Crippen LogP contribution is 2.24. The maximum atomic E-state index is 11.9. The molecule has 112 valence electrons. The minimum absolute atomic E-state index is 0.128. The molecule has 0 aliphatic heterocycles. The number of carbonyl (C=O) groups is 1. The van der Waals surface area contributed by atoms with Crippen LogP contribution in [0.1, 0.15) is 37.0 Å². The fraction of sp³-hybridized carbons (Fsp3) is 0.462. The van der Waals surface area contributed by atoms with Crippen molar-refractivity contribution in [3.05, 3.63) is 28.2 Å². The van der Waals surface area contributed by atoms with Gasteiger partial charge in [0.15, 0.2) is 0 Å². The van der Waals surface area contributed by atoms with Crippen LogP contribution in [0.5, 0.6) is 0 Å². The summed E-state index contributed by atoms with van der Waals surface area (Å²) in [5.41, 5.74) is 0.149. The van der Waals surface area contributed by atoms with Gasteiger partial charge in [-0.25, -0.2) is 13.2 Å². The summed E-state index contributed by atoms with van der Waals surface area (Å²) in [4.78, 5) is 11.8. The van der Waals surface area contributed by atoms with Gasteiger partial charge in [0.25, 0.3) is 9.05 Å². The van der Waals surface area contributed by atoms with Crippen LogP contribution in [0.25, 0.3) is 0 Å². The summed E-state index contributed by atoms with van der Waals surface area (Å²) in [5.74, 6) is -0.0204. The first kappa shape index (κ1) is 17.5. The standard InChI is InChI=1S/C13H16BrClO4S/c1-9(2)4-3-7-19-13(16)11-8-10(20(15,17)18)5-6-12(11)14/h5-6,8-9H,3-4,7H2,1-2H3. The molecule has 0 bridgehead atoms. The van der Waals surface area contributed by atoms with Crippen LogP contribution in [0.15, 0.2) is 27.6 Å². The number of hydrogen-bond acceptors (Lipinski definition) is 4. The zero-order valence-electron chi connectivity index (χ0n) is 11.2. The quantitative estimate of drug-likeness (QED) is 0.424. The Bertz CT molecular complexity index is 584. The summed E-state index contributed by atoms with van der Waals surface area (Å²) in [6.07, 6.45) is 1.74. The summed E-state index contributed by atoms with van der Waals surface area (Å²) in [7, 11) is 1.39. The van der Waals surface area contributed by atoms with Gasteiger partial charge in [0, 0.05) is 15.2 Å². The molecule has 1 rings (SSSR count). The number of hydrogen-bond donors (Lipinski definition) is 0. The molecular weight excluding hydrogens is 368 g/mol. The number of esters is 1. The highest BCUT2D eigenvalue weighted by atomic mass is 79.9. The third-order valence-electron chi connectivity index (χ3n) is 2.60. The van der Waals surface area contributed by atoms with E-state index >= 15 is 0 Å². The number of benzene rings is 1. The Morgan fingerprint density at radius 2 is 2.05 bits per heavy atom. The van der Waals surface area contributed by atoms with E-state index in [-0.39, 0.29) is 10.5 Å². The second kappa shape index (κ2) is 7.43. The lowest BCUT2D eigenvalue weighted by molar-refractivity contribution is 0.0493. The fourth-order valence-corrected chi connectivity index (χ4v) is 2.73. The van der Waals surface area contributed by atoms with Crippen molar-refractivity contribution < 1.29 is 17.9 Å². The molecular formula is C13H16BrClO4S. The zero-order chi connectivity index (χ0) is 15.3. The van der Waals surface area contributed by atoms with Crippen molar-refractivity contribution >= 4 is 41.6 Å². The van der Waals surface area contributed by atoms with E-state index < -0.39 is 15.0 Å². The van der Waals surface area contributed by atoms with Crippen LogP contribution in [0, 0.1) is 5.92 Å². The second-order valence-corrected chi connectivity index (χ2v) is 8.17. The van der Waals surface area contributed by atoms with Gasteiger partial charge in [-0.3, -0.25) is 0 Å². The molecule has 0 saturated heterocycles. The van der Waals surface area contributed by atoms with Gasteiger partial charge in [-0.15, -0.1) is 0 Å². The molecule has 0 radical (unpaired) electrons. The second-order valence-electron chi connectivity index (χ2n) is 4.75. The average Bonchev–Trinajstić information content (AvgIpc) is 2.33. The summed E-state index contributed by atoms with van der Waals surface area (Å²) in [6.45, 7) is 4.49. The molecule has 0 N–H and O–H groups in total. The Morgan fingerprint density at radius 3 is 2.60 bits per heavy atom. The van der Waals surface area contributed by atoms with Crippen molar-refractivity contribution in [3.63, 3.8) is 0 Å². The molecule has 0 unspecified atom stereocenters. The Kier molecular flexibility index (Phi) is 6.48. The van der Waals surface area contributed by atoms with Crippen LogP contribution in [-0.4, -0.2) is 21.0 Å². The van der Waals surface area contributed by atoms with Gasteiger partial charge in [0.05, 0.1) is 17.1 Å². The molecule has 0 amide bonds. The van der Waals surface area contributed by atoms with Gasteiger partial charge in [-0.05, 0) is 52.9 Å². The first-order chi connectivity index (χ1) is 9.21. The van der Waals surface area contributed by atoms with E-state index in [0.717, 1.165) is 12.8 Å². The molecule has 0 heterocycles. The lowest BCUT2D eigenvalue weighted by Crippen LogP contribution is -2.09. The first-order valence-electron chi connectivity index (χ1n) is 6.13. The third kappa shape index (κ3) is 5.42. The van der Waals surface area contributed by atoms with Crippen LogP contribution in [0.3, 0.4) is 0 Å². The molecule has 20 heavy (non-hydrogen) atoms. The van der Waals surface area contributed by atoms with Crippen molar-refractivity contribution in [3.8, 4) is 0 Å². The number of rotatable bonds is 6. The van der Waals surface area contributed by atoms with Crippen LogP contribution in [0.4, 0.5) is 0 Å². The van der Waals surface area contributed by atoms with Crippen molar-refractivity contribution in [1.29, 1.82) is 0 Å². The monoisotopic (exact) mass is 382 g/mol. The lowest BCUT2D eigenvalue weighted by atomic mass is 10.1. The summed E-state index contributed by atoms with van der Waals surface area (Å²) in [6, 6.07) is 3.99. The molecule has 0 aliphatic rings. The lowest BCUT2D eigenvalue weighted by Gasteiger charge is -2.08. The zero-order valence-corrected chi connectivity index (χ0v) is 14.4. The van der Waals surface area contributed by atoms with E-state index in [1.807, 2.05) is 0 Å². The van der Waals surface area contributed by atoms with Crippen LogP contribution in [-0.2, 0) is 13.8 Å². The average molecular weight is 384 g/mol. The van der Waals surface area contributed by atoms with E-state index in [9.17, 15) is 13.2 Å². The molecule has 0 aromatic heterocycles. The molecule has 1 aromatic rings. The smallest absolute Gasteiger partial charge is 0.339 e. The predicted molar refractivity (Wildman–Crippen MR) is 81.5 cm³/mol. The van der Waals surface area contributed by atoms with E-state index in [2.05, 4.69) is 29.8 Å². The maximum Gasteiger partial charge on any atom is 0.339 e.